The average molecular weight is 679 g/mol. The van der Waals surface area contributed by atoms with Crippen LogP contribution in [-0.2, 0) is 9.59 Å². The molecule has 0 aliphatic carbocycles. The van der Waals surface area contributed by atoms with E-state index in [-0.39, 0.29) is 17.5 Å². The number of rotatable bonds is 11. The fraction of sp³-hybridized carbons (Fsp3) is 0.0286. The third-order valence-electron chi connectivity index (χ3n) is 6.60. The van der Waals surface area contributed by atoms with Gasteiger partial charge in [-0.2, -0.15) is 11.3 Å². The lowest BCUT2D eigenvalue weighted by Gasteiger charge is -2.16. The number of nitrogens with one attached hydrogen (secondary N) is 3. The lowest BCUT2D eigenvalue weighted by molar-refractivity contribution is -0.116. The molecule has 3 aromatic carbocycles. The van der Waals surface area contributed by atoms with Gasteiger partial charge in [0, 0.05) is 21.5 Å². The molecule has 7 nitrogen and oxygen atoms in total. The van der Waals surface area contributed by atoms with E-state index in [1.54, 1.807) is 53.8 Å². The number of thioether (sulfide) groups is 1. The molecule has 3 N–H and O–H groups in total. The first-order valence-corrected chi connectivity index (χ1v) is 17.6. The third kappa shape index (κ3) is 8.06. The number of nitrogens with zero attached hydrogens (tertiary/aromatic N) is 1. The van der Waals surface area contributed by atoms with Crippen molar-refractivity contribution in [1.82, 2.24) is 10.3 Å². The number of carbonyl (C=O) groups is 3. The van der Waals surface area contributed by atoms with Gasteiger partial charge >= 0.3 is 0 Å². The summed E-state index contributed by atoms with van der Waals surface area (Å²) in [6.45, 7) is 0. The SMILES string of the molecule is O=C(Nc1ccc(SC(C(=O)Nc2nc(-c3cccs3)cs2)c2ccccc2)cc1)/C(=C/c1ccsc1)NC(=O)c1ccccc1. The van der Waals surface area contributed by atoms with Crippen LogP contribution < -0.4 is 16.0 Å². The Labute approximate surface area is 282 Å². The van der Waals surface area contributed by atoms with Crippen molar-refractivity contribution in [2.45, 2.75) is 10.1 Å². The second-order valence-electron chi connectivity index (χ2n) is 9.83. The molecule has 228 valence electrons. The van der Waals surface area contributed by atoms with Crippen LogP contribution in [0.2, 0.25) is 0 Å². The Bertz CT molecular complexity index is 1940. The highest BCUT2D eigenvalue weighted by Crippen LogP contribution is 2.37. The van der Waals surface area contributed by atoms with Crippen LogP contribution >= 0.6 is 45.8 Å². The highest BCUT2D eigenvalue weighted by molar-refractivity contribution is 8.00. The number of benzene rings is 3. The van der Waals surface area contributed by atoms with Gasteiger partial charge in [-0.25, -0.2) is 4.98 Å². The minimum Gasteiger partial charge on any atom is -0.321 e. The van der Waals surface area contributed by atoms with E-state index in [1.807, 2.05) is 88.3 Å². The molecule has 1 atom stereocenters. The Morgan fingerprint density at radius 1 is 0.761 bits per heavy atom. The normalized spacial score (nSPS) is 11.9. The molecule has 46 heavy (non-hydrogen) atoms. The second-order valence-corrected chi connectivity index (χ2v) is 13.6. The van der Waals surface area contributed by atoms with Gasteiger partial charge in [-0.1, -0.05) is 54.6 Å². The van der Waals surface area contributed by atoms with Crippen molar-refractivity contribution < 1.29 is 14.4 Å². The molecule has 0 bridgehead atoms. The fourth-order valence-electron chi connectivity index (χ4n) is 4.36. The second kappa shape index (κ2) is 15.0. The smallest absolute Gasteiger partial charge is 0.272 e. The molecule has 6 aromatic rings. The Balaban J connectivity index is 1.15. The van der Waals surface area contributed by atoms with Gasteiger partial charge in [-0.05, 0) is 81.9 Å². The summed E-state index contributed by atoms with van der Waals surface area (Å²) in [7, 11) is 0. The monoisotopic (exact) mass is 678 g/mol. The zero-order valence-corrected chi connectivity index (χ0v) is 27.3. The van der Waals surface area contributed by atoms with Gasteiger partial charge in [-0.3, -0.25) is 14.4 Å². The van der Waals surface area contributed by atoms with E-state index < -0.39 is 11.2 Å². The topological polar surface area (TPSA) is 100 Å². The summed E-state index contributed by atoms with van der Waals surface area (Å²) in [6, 6.07) is 31.4. The van der Waals surface area contributed by atoms with Gasteiger partial charge in [0.25, 0.3) is 11.8 Å². The van der Waals surface area contributed by atoms with Crippen LogP contribution in [0.1, 0.15) is 26.7 Å². The first kappa shape index (κ1) is 31.2. The molecule has 3 heterocycles. The number of hydrogen-bond acceptors (Lipinski definition) is 8. The van der Waals surface area contributed by atoms with E-state index in [9.17, 15) is 14.4 Å². The molecule has 3 amide bonds. The highest BCUT2D eigenvalue weighted by atomic mass is 32.2. The first-order valence-electron chi connectivity index (χ1n) is 14.1. The molecule has 3 aromatic heterocycles. The third-order valence-corrected chi connectivity index (χ3v) is 10.2. The summed E-state index contributed by atoms with van der Waals surface area (Å²) in [6.07, 6.45) is 1.64. The van der Waals surface area contributed by atoms with Crippen LogP contribution in [0.25, 0.3) is 16.6 Å². The molecule has 0 spiro atoms. The molecule has 0 radical (unpaired) electrons. The van der Waals surface area contributed by atoms with Crippen molar-refractivity contribution in [1.29, 1.82) is 0 Å². The van der Waals surface area contributed by atoms with E-state index in [4.69, 9.17) is 0 Å². The van der Waals surface area contributed by atoms with Crippen LogP contribution in [0.5, 0.6) is 0 Å². The maximum atomic E-state index is 13.6. The minimum absolute atomic E-state index is 0.121. The summed E-state index contributed by atoms with van der Waals surface area (Å²) >= 11 is 5.89. The minimum atomic E-state index is -0.538. The molecule has 0 aliphatic rings. The van der Waals surface area contributed by atoms with Gasteiger partial charge in [0.1, 0.15) is 10.9 Å². The summed E-state index contributed by atoms with van der Waals surface area (Å²) in [5.41, 5.74) is 3.61. The van der Waals surface area contributed by atoms with E-state index in [0.717, 1.165) is 26.6 Å². The van der Waals surface area contributed by atoms with Crippen LogP contribution in [-0.4, -0.2) is 22.7 Å². The van der Waals surface area contributed by atoms with Gasteiger partial charge in [-0.15, -0.1) is 34.4 Å². The van der Waals surface area contributed by atoms with Gasteiger partial charge < -0.3 is 16.0 Å². The largest absolute Gasteiger partial charge is 0.321 e. The number of amides is 3. The lowest BCUT2D eigenvalue weighted by atomic mass is 10.1. The maximum absolute atomic E-state index is 13.6. The summed E-state index contributed by atoms with van der Waals surface area (Å²) in [5.74, 6) is -1.02. The van der Waals surface area contributed by atoms with Gasteiger partial charge in [0.2, 0.25) is 5.91 Å². The van der Waals surface area contributed by atoms with Gasteiger partial charge in [0.15, 0.2) is 5.13 Å². The van der Waals surface area contributed by atoms with Crippen molar-refractivity contribution in [3.05, 3.63) is 147 Å². The van der Waals surface area contributed by atoms with Crippen LogP contribution in [0, 0.1) is 0 Å². The number of aromatic nitrogens is 1. The lowest BCUT2D eigenvalue weighted by Crippen LogP contribution is -2.30. The number of thiophene rings is 2. The Morgan fingerprint density at radius 3 is 2.22 bits per heavy atom. The van der Waals surface area contributed by atoms with Crippen LogP contribution in [0.15, 0.2) is 135 Å². The standard InChI is InChI=1S/C35H26N4O3S4/c40-32(25-10-5-2-6-11-25)37-28(20-23-17-19-43-21-23)33(41)36-26-13-15-27(16-14-26)46-31(24-8-3-1-4-9-24)34(42)39-35-38-29(22-45-35)30-12-7-18-44-30/h1-22,31H,(H,36,41)(H,37,40)(H,38,39,42)/b28-20-. The van der Waals surface area contributed by atoms with Crippen LogP contribution in [0.3, 0.4) is 0 Å². The van der Waals surface area contributed by atoms with Crippen molar-refractivity contribution in [2.75, 3.05) is 10.6 Å². The molecule has 6 rings (SSSR count). The predicted molar refractivity (Wildman–Crippen MR) is 190 cm³/mol. The molecular formula is C35H26N4O3S4. The summed E-state index contributed by atoms with van der Waals surface area (Å²) in [5, 5.41) is 16.4. The Morgan fingerprint density at radius 2 is 1.52 bits per heavy atom. The van der Waals surface area contributed by atoms with E-state index >= 15 is 0 Å². The number of carbonyl (C=O) groups excluding carboxylic acids is 3. The van der Waals surface area contributed by atoms with Crippen molar-refractivity contribution >= 4 is 80.4 Å². The fourth-order valence-corrected chi connectivity index (χ4v) is 7.47. The van der Waals surface area contributed by atoms with Gasteiger partial charge in [0.05, 0.1) is 10.6 Å². The molecule has 1 unspecified atom stereocenters. The Hall–Kier alpha value is -4.81. The maximum Gasteiger partial charge on any atom is 0.272 e. The number of hydrogen-bond donors (Lipinski definition) is 3. The van der Waals surface area contributed by atoms with Crippen molar-refractivity contribution in [2.24, 2.45) is 0 Å². The average Bonchev–Trinajstić information content (AvgIpc) is 3.89. The molecule has 0 saturated carbocycles. The first-order chi connectivity index (χ1) is 22.5. The van der Waals surface area contributed by atoms with E-state index in [2.05, 4.69) is 20.9 Å². The molecule has 11 heteroatoms. The zero-order valence-electron chi connectivity index (χ0n) is 24.1. The molecule has 0 fully saturated rings. The molecule has 0 aliphatic heterocycles. The van der Waals surface area contributed by atoms with Crippen molar-refractivity contribution in [3.63, 3.8) is 0 Å². The van der Waals surface area contributed by atoms with Crippen LogP contribution in [0.4, 0.5) is 10.8 Å². The van der Waals surface area contributed by atoms with E-state index in [1.165, 1.54) is 34.4 Å². The summed E-state index contributed by atoms with van der Waals surface area (Å²) in [4.78, 5) is 46.3. The zero-order chi connectivity index (χ0) is 31.7. The highest BCUT2D eigenvalue weighted by Gasteiger charge is 2.23. The predicted octanol–water partition coefficient (Wildman–Crippen LogP) is 8.81. The molecule has 0 saturated heterocycles. The summed E-state index contributed by atoms with van der Waals surface area (Å²) < 4.78 is 0. The number of thiazole rings is 1. The quantitative estimate of drug-likeness (QED) is 0.0940. The Kier molecular flexibility index (Phi) is 10.2. The molecular weight excluding hydrogens is 653 g/mol. The van der Waals surface area contributed by atoms with E-state index in [0.29, 0.717) is 16.4 Å². The van der Waals surface area contributed by atoms with Crippen molar-refractivity contribution in [3.8, 4) is 10.6 Å². The number of anilines is 2.